The van der Waals surface area contributed by atoms with Gasteiger partial charge in [0.2, 0.25) is 10.0 Å². The van der Waals surface area contributed by atoms with Gasteiger partial charge in [0.05, 0.1) is 6.26 Å². The van der Waals surface area contributed by atoms with Crippen LogP contribution in [0.15, 0.2) is 0 Å². The molecule has 1 unspecified atom stereocenters. The Morgan fingerprint density at radius 1 is 1.41 bits per heavy atom. The van der Waals surface area contributed by atoms with Crippen molar-refractivity contribution in [2.24, 2.45) is 0 Å². The number of nitrogens with zero attached hydrogens (tertiary/aromatic N) is 1. The Labute approximate surface area is 102 Å². The van der Waals surface area contributed by atoms with E-state index in [0.29, 0.717) is 25.9 Å². The molecule has 0 aromatic rings. The van der Waals surface area contributed by atoms with Crippen LogP contribution in [0.25, 0.3) is 0 Å². The number of hydrogen-bond acceptors (Lipinski definition) is 4. The summed E-state index contributed by atoms with van der Waals surface area (Å²) >= 11 is 0. The maximum Gasteiger partial charge on any atom is 0.251 e. The smallest absolute Gasteiger partial charge is 0.251 e. The third-order valence-corrected chi connectivity index (χ3v) is 3.65. The highest BCUT2D eigenvalue weighted by molar-refractivity contribution is 7.88. The zero-order chi connectivity index (χ0) is 13.1. The molecule has 6 nitrogen and oxygen atoms in total. The van der Waals surface area contributed by atoms with Crippen molar-refractivity contribution in [3.8, 4) is 0 Å². The second-order valence-electron chi connectivity index (χ2n) is 4.37. The van der Waals surface area contributed by atoms with Gasteiger partial charge in [0, 0.05) is 26.2 Å². The molecule has 1 heterocycles. The number of methoxy groups -OCH3 is 1. The fourth-order valence-corrected chi connectivity index (χ4v) is 2.72. The van der Waals surface area contributed by atoms with Gasteiger partial charge in [-0.15, -0.1) is 0 Å². The van der Waals surface area contributed by atoms with Gasteiger partial charge in [0.15, 0.2) is 0 Å². The van der Waals surface area contributed by atoms with Crippen molar-refractivity contribution in [3.05, 3.63) is 0 Å². The number of piperidine rings is 1. The monoisotopic (exact) mass is 264 g/mol. The van der Waals surface area contributed by atoms with Crippen LogP contribution in [-0.2, 0) is 19.6 Å². The number of sulfonamides is 1. The van der Waals surface area contributed by atoms with Crippen LogP contribution in [-0.4, -0.2) is 57.8 Å². The van der Waals surface area contributed by atoms with E-state index >= 15 is 0 Å². The largest absolute Gasteiger partial charge is 0.372 e. The topological polar surface area (TPSA) is 75.7 Å². The molecule has 0 bridgehead atoms. The van der Waals surface area contributed by atoms with E-state index in [1.54, 1.807) is 11.8 Å². The molecule has 0 spiro atoms. The molecule has 0 aliphatic carbocycles. The molecule has 1 rings (SSSR count). The first-order valence-electron chi connectivity index (χ1n) is 5.62. The minimum absolute atomic E-state index is 0.0368. The quantitative estimate of drug-likeness (QED) is 0.747. The van der Waals surface area contributed by atoms with E-state index in [-0.39, 0.29) is 11.9 Å². The van der Waals surface area contributed by atoms with Crippen molar-refractivity contribution in [2.75, 3.05) is 26.5 Å². The summed E-state index contributed by atoms with van der Waals surface area (Å²) in [4.78, 5) is 13.5. The molecule has 0 saturated carbocycles. The molecule has 7 heteroatoms. The lowest BCUT2D eigenvalue weighted by molar-refractivity contribution is -0.142. The zero-order valence-electron chi connectivity index (χ0n) is 10.5. The van der Waals surface area contributed by atoms with E-state index in [9.17, 15) is 13.2 Å². The fraction of sp³-hybridized carbons (Fsp3) is 0.900. The molecule has 17 heavy (non-hydrogen) atoms. The highest BCUT2D eigenvalue weighted by Gasteiger charge is 2.26. The highest BCUT2D eigenvalue weighted by atomic mass is 32.2. The number of nitrogens with one attached hydrogen (secondary N) is 1. The first-order chi connectivity index (χ1) is 7.83. The number of ether oxygens (including phenoxy) is 1. The van der Waals surface area contributed by atoms with Crippen LogP contribution in [0.3, 0.4) is 0 Å². The van der Waals surface area contributed by atoms with Gasteiger partial charge in [0.25, 0.3) is 5.91 Å². The molecule has 1 saturated heterocycles. The Morgan fingerprint density at radius 3 is 2.35 bits per heavy atom. The lowest BCUT2D eigenvalue weighted by atomic mass is 10.1. The maximum atomic E-state index is 11.8. The zero-order valence-corrected chi connectivity index (χ0v) is 11.3. The summed E-state index contributed by atoms with van der Waals surface area (Å²) in [5.41, 5.74) is 0. The summed E-state index contributed by atoms with van der Waals surface area (Å²) in [5, 5.41) is 0. The molecule has 1 amide bonds. The van der Waals surface area contributed by atoms with Gasteiger partial charge >= 0.3 is 0 Å². The molecule has 0 radical (unpaired) electrons. The molecule has 0 aromatic heterocycles. The summed E-state index contributed by atoms with van der Waals surface area (Å²) in [7, 11) is -1.66. The molecular formula is C10H20N2O4S. The van der Waals surface area contributed by atoms with Gasteiger partial charge in [-0.25, -0.2) is 13.1 Å². The first kappa shape index (κ1) is 14.4. The Hall–Kier alpha value is -0.660. The molecule has 1 aliphatic heterocycles. The third-order valence-electron chi connectivity index (χ3n) is 2.89. The predicted octanol–water partition coefficient (Wildman–Crippen LogP) is -0.438. The van der Waals surface area contributed by atoms with Crippen LogP contribution in [0.1, 0.15) is 19.8 Å². The number of carbonyl (C=O) groups excluding carboxylic acids is 1. The molecule has 1 atom stereocenters. The van der Waals surface area contributed by atoms with Gasteiger partial charge in [-0.2, -0.15) is 0 Å². The third kappa shape index (κ3) is 4.61. The summed E-state index contributed by atoms with van der Waals surface area (Å²) in [5.74, 6) is -0.0368. The average molecular weight is 264 g/mol. The normalized spacial score (nSPS) is 20.3. The number of hydrogen-bond donors (Lipinski definition) is 1. The average Bonchev–Trinajstić information content (AvgIpc) is 2.26. The van der Waals surface area contributed by atoms with Crippen LogP contribution < -0.4 is 4.72 Å². The first-order valence-corrected chi connectivity index (χ1v) is 7.51. The Balaban J connectivity index is 2.43. The summed E-state index contributed by atoms with van der Waals surface area (Å²) < 4.78 is 29.6. The standard InChI is InChI=1S/C10H20N2O4S/c1-8(16-2)10(13)12-6-4-9(5-7-12)11-17(3,14)15/h8-9,11H,4-7H2,1-3H3. The second kappa shape index (κ2) is 5.79. The van der Waals surface area contributed by atoms with Crippen molar-refractivity contribution >= 4 is 15.9 Å². The van der Waals surface area contributed by atoms with Gasteiger partial charge in [-0.05, 0) is 19.8 Å². The Bertz CT molecular complexity index is 361. The van der Waals surface area contributed by atoms with Gasteiger partial charge < -0.3 is 9.64 Å². The minimum Gasteiger partial charge on any atom is -0.372 e. The van der Waals surface area contributed by atoms with Crippen molar-refractivity contribution in [3.63, 3.8) is 0 Å². The van der Waals surface area contributed by atoms with Crippen LogP contribution in [0.2, 0.25) is 0 Å². The minimum atomic E-state index is -3.16. The summed E-state index contributed by atoms with van der Waals surface area (Å²) in [6.07, 6.45) is 2.01. The van der Waals surface area contributed by atoms with Crippen molar-refractivity contribution in [1.29, 1.82) is 0 Å². The summed E-state index contributed by atoms with van der Waals surface area (Å²) in [6, 6.07) is -0.0631. The van der Waals surface area contributed by atoms with E-state index in [4.69, 9.17) is 4.74 Å². The van der Waals surface area contributed by atoms with Gasteiger partial charge in [0.1, 0.15) is 6.10 Å². The van der Waals surface area contributed by atoms with Gasteiger partial charge in [-0.3, -0.25) is 4.79 Å². The van der Waals surface area contributed by atoms with E-state index in [1.165, 1.54) is 7.11 Å². The lowest BCUT2D eigenvalue weighted by Crippen LogP contribution is -2.48. The molecular weight excluding hydrogens is 244 g/mol. The van der Waals surface area contributed by atoms with E-state index in [0.717, 1.165) is 6.26 Å². The van der Waals surface area contributed by atoms with Crippen molar-refractivity contribution < 1.29 is 17.9 Å². The van der Waals surface area contributed by atoms with E-state index in [1.807, 2.05) is 0 Å². The van der Waals surface area contributed by atoms with Crippen LogP contribution in [0.4, 0.5) is 0 Å². The highest BCUT2D eigenvalue weighted by Crippen LogP contribution is 2.12. The summed E-state index contributed by atoms with van der Waals surface area (Å²) in [6.45, 7) is 2.85. The SMILES string of the molecule is COC(C)C(=O)N1CCC(NS(C)(=O)=O)CC1. The van der Waals surface area contributed by atoms with Crippen molar-refractivity contribution in [1.82, 2.24) is 9.62 Å². The fourth-order valence-electron chi connectivity index (χ4n) is 1.88. The molecule has 100 valence electrons. The predicted molar refractivity (Wildman–Crippen MR) is 64.1 cm³/mol. The molecule has 1 N–H and O–H groups in total. The molecule has 1 fully saturated rings. The van der Waals surface area contributed by atoms with Crippen LogP contribution in [0.5, 0.6) is 0 Å². The number of likely N-dealkylation sites (tertiary alicyclic amines) is 1. The van der Waals surface area contributed by atoms with Crippen LogP contribution >= 0.6 is 0 Å². The Kier molecular flexibility index (Phi) is 4.91. The number of amides is 1. The van der Waals surface area contributed by atoms with E-state index in [2.05, 4.69) is 4.72 Å². The van der Waals surface area contributed by atoms with Crippen LogP contribution in [0, 0.1) is 0 Å². The number of carbonyl (C=O) groups is 1. The second-order valence-corrected chi connectivity index (χ2v) is 6.15. The number of rotatable bonds is 4. The van der Waals surface area contributed by atoms with E-state index < -0.39 is 16.1 Å². The Morgan fingerprint density at radius 2 is 1.94 bits per heavy atom. The molecule has 1 aliphatic rings. The maximum absolute atomic E-state index is 11.8. The lowest BCUT2D eigenvalue weighted by Gasteiger charge is -2.33. The van der Waals surface area contributed by atoms with Gasteiger partial charge in [-0.1, -0.05) is 0 Å². The van der Waals surface area contributed by atoms with Crippen molar-refractivity contribution in [2.45, 2.75) is 31.9 Å². The molecule has 0 aromatic carbocycles.